The fourth-order valence-electron chi connectivity index (χ4n) is 0.454. The average molecular weight is 140 g/mol. The first-order chi connectivity index (χ1) is 3.42. The van der Waals surface area contributed by atoms with Crippen LogP contribution < -0.4 is 29.6 Å². The summed E-state index contributed by atoms with van der Waals surface area (Å²) in [6.07, 6.45) is 0.243. The molecule has 9 heavy (non-hydrogen) atoms. The summed E-state index contributed by atoms with van der Waals surface area (Å²) in [5, 5.41) is 8.25. The van der Waals surface area contributed by atoms with Gasteiger partial charge in [0.2, 0.25) is 0 Å². The molecule has 0 saturated heterocycles. The predicted octanol–water partition coefficient (Wildman–Crippen LogP) is -1.38. The van der Waals surface area contributed by atoms with Gasteiger partial charge in [-0.1, -0.05) is 20.8 Å². The molecule has 0 saturated carbocycles. The van der Waals surface area contributed by atoms with Gasteiger partial charge in [0.1, 0.15) is 0 Å². The first kappa shape index (κ1) is 12.2. The van der Waals surface area contributed by atoms with Gasteiger partial charge in [-0.25, -0.2) is 0 Å². The van der Waals surface area contributed by atoms with Crippen molar-refractivity contribution in [3.63, 3.8) is 0 Å². The summed E-state index contributed by atoms with van der Waals surface area (Å²) in [7, 11) is 0. The van der Waals surface area contributed by atoms with Crippen molar-refractivity contribution in [1.82, 2.24) is 0 Å². The molecule has 0 atom stereocenters. The molecular formula is C6H13NaO2. The zero-order valence-electron chi connectivity index (χ0n) is 7.56. The number of carboxylic acids is 1. The minimum atomic E-state index is -0.725. The van der Waals surface area contributed by atoms with Gasteiger partial charge in [0.05, 0.1) is 6.42 Å². The molecule has 0 aromatic heterocycles. The van der Waals surface area contributed by atoms with Gasteiger partial charge in [-0.3, -0.25) is 4.79 Å². The Morgan fingerprint density at radius 3 is 1.89 bits per heavy atom. The molecule has 0 heterocycles. The van der Waals surface area contributed by atoms with Crippen LogP contribution in [0, 0.1) is 5.41 Å². The van der Waals surface area contributed by atoms with Crippen LogP contribution in [-0.4, -0.2) is 11.1 Å². The van der Waals surface area contributed by atoms with E-state index in [-0.39, 0.29) is 42.8 Å². The molecule has 0 aliphatic rings. The topological polar surface area (TPSA) is 37.3 Å². The Labute approximate surface area is 79.4 Å². The van der Waals surface area contributed by atoms with Gasteiger partial charge in [-0.05, 0) is 5.41 Å². The van der Waals surface area contributed by atoms with E-state index in [4.69, 9.17) is 5.11 Å². The third-order valence-electron chi connectivity index (χ3n) is 0.682. The molecule has 0 aromatic rings. The fourth-order valence-corrected chi connectivity index (χ4v) is 0.454. The number of rotatable bonds is 1. The monoisotopic (exact) mass is 140 g/mol. The Bertz CT molecular complexity index is 98.4. The van der Waals surface area contributed by atoms with E-state index in [0.717, 1.165) is 0 Å². The first-order valence-corrected chi connectivity index (χ1v) is 2.63. The van der Waals surface area contributed by atoms with Gasteiger partial charge in [0.15, 0.2) is 0 Å². The summed E-state index contributed by atoms with van der Waals surface area (Å²) < 4.78 is 0. The smallest absolute Gasteiger partial charge is 1.00 e. The van der Waals surface area contributed by atoms with Gasteiger partial charge in [-0.2, -0.15) is 0 Å². The molecule has 0 amide bonds. The molecule has 50 valence electrons. The van der Waals surface area contributed by atoms with Crippen LogP contribution in [0.5, 0.6) is 0 Å². The van der Waals surface area contributed by atoms with Gasteiger partial charge >= 0.3 is 35.5 Å². The molecule has 0 aliphatic carbocycles. The van der Waals surface area contributed by atoms with Crippen LogP contribution in [0.3, 0.4) is 0 Å². The van der Waals surface area contributed by atoms with Crippen molar-refractivity contribution in [3.8, 4) is 0 Å². The molecule has 3 heteroatoms. The minimum Gasteiger partial charge on any atom is -1.00 e. The second kappa shape index (κ2) is 4.31. The average Bonchev–Trinajstić information content (AvgIpc) is 1.21. The van der Waals surface area contributed by atoms with Crippen molar-refractivity contribution < 1.29 is 40.9 Å². The van der Waals surface area contributed by atoms with Crippen molar-refractivity contribution in [2.24, 2.45) is 5.41 Å². The number of aliphatic carboxylic acids is 1. The van der Waals surface area contributed by atoms with E-state index in [1.165, 1.54) is 0 Å². The molecule has 0 fully saturated rings. The van der Waals surface area contributed by atoms with Crippen LogP contribution in [0.1, 0.15) is 28.6 Å². The van der Waals surface area contributed by atoms with E-state index in [9.17, 15) is 4.79 Å². The van der Waals surface area contributed by atoms with Crippen LogP contribution in [0.2, 0.25) is 0 Å². The SMILES string of the molecule is CC(C)(C)CC(=O)O.[H-].[Na+]. The van der Waals surface area contributed by atoms with E-state index in [0.29, 0.717) is 0 Å². The van der Waals surface area contributed by atoms with Crippen LogP contribution in [-0.2, 0) is 4.79 Å². The zero-order chi connectivity index (χ0) is 6.78. The van der Waals surface area contributed by atoms with Crippen molar-refractivity contribution in [3.05, 3.63) is 0 Å². The second-order valence-corrected chi connectivity index (χ2v) is 3.13. The van der Waals surface area contributed by atoms with E-state index in [1.54, 1.807) is 0 Å². The van der Waals surface area contributed by atoms with Crippen molar-refractivity contribution in [2.45, 2.75) is 27.2 Å². The summed E-state index contributed by atoms with van der Waals surface area (Å²) in [6.45, 7) is 5.71. The maximum absolute atomic E-state index is 10.0. The largest absolute Gasteiger partial charge is 1.00 e. The third-order valence-corrected chi connectivity index (χ3v) is 0.682. The van der Waals surface area contributed by atoms with E-state index >= 15 is 0 Å². The summed E-state index contributed by atoms with van der Waals surface area (Å²) in [4.78, 5) is 10.0. The summed E-state index contributed by atoms with van der Waals surface area (Å²) in [6, 6.07) is 0. The molecule has 2 nitrogen and oxygen atoms in total. The van der Waals surface area contributed by atoms with Crippen molar-refractivity contribution in [1.29, 1.82) is 0 Å². The quantitative estimate of drug-likeness (QED) is 0.456. The normalized spacial score (nSPS) is 10.1. The molecule has 0 aromatic carbocycles. The Morgan fingerprint density at radius 2 is 1.89 bits per heavy atom. The van der Waals surface area contributed by atoms with Gasteiger partial charge in [0, 0.05) is 0 Å². The van der Waals surface area contributed by atoms with Crippen LogP contribution >= 0.6 is 0 Å². The van der Waals surface area contributed by atoms with Crippen molar-refractivity contribution in [2.75, 3.05) is 0 Å². The molecular weight excluding hydrogens is 127 g/mol. The number of hydrogen-bond acceptors (Lipinski definition) is 1. The predicted molar refractivity (Wildman–Crippen MR) is 32.8 cm³/mol. The number of carboxylic acid groups (broad SMARTS) is 1. The first-order valence-electron chi connectivity index (χ1n) is 2.63. The van der Waals surface area contributed by atoms with E-state index < -0.39 is 5.97 Å². The summed E-state index contributed by atoms with van der Waals surface area (Å²) in [5.74, 6) is -0.725. The molecule has 0 radical (unpaired) electrons. The number of carbonyl (C=O) groups is 1. The van der Waals surface area contributed by atoms with Crippen LogP contribution in [0.25, 0.3) is 0 Å². The Morgan fingerprint density at radius 1 is 1.56 bits per heavy atom. The van der Waals surface area contributed by atoms with E-state index in [1.807, 2.05) is 20.8 Å². The van der Waals surface area contributed by atoms with Gasteiger partial charge in [0.25, 0.3) is 0 Å². The van der Waals surface area contributed by atoms with Crippen LogP contribution in [0.4, 0.5) is 0 Å². The third kappa shape index (κ3) is 11.8. The van der Waals surface area contributed by atoms with Gasteiger partial charge < -0.3 is 6.53 Å². The molecule has 0 aliphatic heterocycles. The number of hydrogen-bond donors (Lipinski definition) is 1. The summed E-state index contributed by atoms with van der Waals surface area (Å²) in [5.41, 5.74) is -0.0775. The Kier molecular flexibility index (Phi) is 5.83. The molecule has 1 N–H and O–H groups in total. The Hall–Kier alpha value is 0.470. The standard InChI is InChI=1S/C6H12O2.Na.H/c1-6(2,3)4-5(7)8;;/h4H2,1-3H3,(H,7,8);;/q;+1;-1. The van der Waals surface area contributed by atoms with E-state index in [2.05, 4.69) is 0 Å². The van der Waals surface area contributed by atoms with Crippen molar-refractivity contribution >= 4 is 5.97 Å². The molecule has 0 rings (SSSR count). The maximum Gasteiger partial charge on any atom is 1.00 e. The minimum absolute atomic E-state index is 0. The molecule has 0 spiro atoms. The maximum atomic E-state index is 10.0. The zero-order valence-corrected chi connectivity index (χ0v) is 8.56. The Balaban J connectivity index is -0.000000245. The van der Waals surface area contributed by atoms with Gasteiger partial charge in [-0.15, -0.1) is 0 Å². The summed E-state index contributed by atoms with van der Waals surface area (Å²) >= 11 is 0. The fraction of sp³-hybridized carbons (Fsp3) is 0.833. The van der Waals surface area contributed by atoms with Crippen LogP contribution in [0.15, 0.2) is 0 Å². The molecule has 0 unspecified atom stereocenters. The molecule has 0 bridgehead atoms. The second-order valence-electron chi connectivity index (χ2n) is 3.13.